The Bertz CT molecular complexity index is 1320. The normalized spacial score (nSPS) is 11.1. The number of nitrogens with zero attached hydrogens (tertiary/aromatic N) is 1. The average Bonchev–Trinajstić information content (AvgIpc) is 2.81. The minimum atomic E-state index is -4.13. The zero-order valence-electron chi connectivity index (χ0n) is 17.8. The van der Waals surface area contributed by atoms with Gasteiger partial charge in [0.2, 0.25) is 5.91 Å². The van der Waals surface area contributed by atoms with E-state index in [1.54, 1.807) is 25.1 Å². The topological polar surface area (TPSA) is 92.8 Å². The smallest absolute Gasteiger partial charge is 0.339 e. The lowest BCUT2D eigenvalue weighted by atomic mass is 10.2. The molecule has 0 saturated heterocycles. The molecule has 0 unspecified atom stereocenters. The van der Waals surface area contributed by atoms with Gasteiger partial charge in [0.15, 0.2) is 0 Å². The van der Waals surface area contributed by atoms with Crippen LogP contribution >= 0.6 is 34.8 Å². The number of benzene rings is 3. The molecule has 0 bridgehead atoms. The highest BCUT2D eigenvalue weighted by molar-refractivity contribution is 7.92. The van der Waals surface area contributed by atoms with Crippen LogP contribution in [-0.2, 0) is 19.6 Å². The number of halogens is 3. The van der Waals surface area contributed by atoms with Crippen LogP contribution in [0.1, 0.15) is 17.3 Å². The van der Waals surface area contributed by atoms with Gasteiger partial charge >= 0.3 is 5.97 Å². The molecule has 0 heterocycles. The van der Waals surface area contributed by atoms with Gasteiger partial charge in [-0.15, -0.1) is 0 Å². The number of hydrogen-bond donors (Lipinski definition) is 1. The van der Waals surface area contributed by atoms with Crippen LogP contribution in [0.15, 0.2) is 71.6 Å². The zero-order valence-corrected chi connectivity index (χ0v) is 20.9. The fourth-order valence-electron chi connectivity index (χ4n) is 2.97. The second-order valence-electron chi connectivity index (χ2n) is 6.89. The number of esters is 1. The summed E-state index contributed by atoms with van der Waals surface area (Å²) in [6, 6.07) is 16.2. The number of amides is 1. The molecule has 1 N–H and O–H groups in total. The molecular weight excluding hydrogens is 523 g/mol. The van der Waals surface area contributed by atoms with E-state index in [9.17, 15) is 18.0 Å². The van der Waals surface area contributed by atoms with Crippen molar-refractivity contribution < 1.29 is 22.7 Å². The highest BCUT2D eigenvalue weighted by Gasteiger charge is 2.28. The van der Waals surface area contributed by atoms with Gasteiger partial charge in [0, 0.05) is 5.69 Å². The quantitative estimate of drug-likeness (QED) is 0.372. The van der Waals surface area contributed by atoms with Crippen LogP contribution in [0.25, 0.3) is 0 Å². The van der Waals surface area contributed by atoms with E-state index < -0.39 is 28.4 Å². The van der Waals surface area contributed by atoms with Gasteiger partial charge in [-0.25, -0.2) is 13.2 Å². The standard InChI is InChI=1S/C23H19Cl3N2O5S/c1-2-33-23(30)18-12-15(8-10-19(18)24)27-22(29)14-28(16-9-11-20(25)21(26)13-16)34(31,32)17-6-4-3-5-7-17/h3-13H,2,14H2,1H3,(H,27,29). The van der Waals surface area contributed by atoms with Crippen molar-refractivity contribution >= 4 is 68.1 Å². The number of ether oxygens (including phenoxy) is 1. The summed E-state index contributed by atoms with van der Waals surface area (Å²) in [7, 11) is -4.13. The molecule has 0 fully saturated rings. The molecule has 3 rings (SSSR count). The van der Waals surface area contributed by atoms with Crippen molar-refractivity contribution in [2.45, 2.75) is 11.8 Å². The molecular formula is C23H19Cl3N2O5S. The van der Waals surface area contributed by atoms with Gasteiger partial charge in [-0.1, -0.05) is 53.0 Å². The molecule has 11 heteroatoms. The average molecular weight is 542 g/mol. The lowest BCUT2D eigenvalue weighted by Crippen LogP contribution is -2.38. The molecule has 0 aliphatic carbocycles. The summed E-state index contributed by atoms with van der Waals surface area (Å²) in [5.74, 6) is -1.31. The number of carbonyl (C=O) groups excluding carboxylic acids is 2. The monoisotopic (exact) mass is 540 g/mol. The summed E-state index contributed by atoms with van der Waals surface area (Å²) in [5.41, 5.74) is 0.458. The van der Waals surface area contributed by atoms with E-state index in [2.05, 4.69) is 5.32 Å². The SMILES string of the molecule is CCOC(=O)c1cc(NC(=O)CN(c2ccc(Cl)c(Cl)c2)S(=O)(=O)c2ccccc2)ccc1Cl. The third-order valence-electron chi connectivity index (χ3n) is 4.56. The zero-order chi connectivity index (χ0) is 24.9. The van der Waals surface area contributed by atoms with Crippen molar-refractivity contribution in [1.29, 1.82) is 0 Å². The predicted molar refractivity (Wildman–Crippen MR) is 133 cm³/mol. The van der Waals surface area contributed by atoms with E-state index >= 15 is 0 Å². The minimum absolute atomic E-state index is 0.00929. The van der Waals surface area contributed by atoms with Gasteiger partial charge in [-0.3, -0.25) is 9.10 Å². The third-order valence-corrected chi connectivity index (χ3v) is 7.41. The van der Waals surface area contributed by atoms with Crippen LogP contribution in [-0.4, -0.2) is 33.4 Å². The van der Waals surface area contributed by atoms with E-state index in [-0.39, 0.29) is 43.5 Å². The van der Waals surface area contributed by atoms with E-state index in [1.807, 2.05) is 0 Å². The molecule has 0 atom stereocenters. The Kier molecular flexibility index (Phi) is 8.43. The van der Waals surface area contributed by atoms with Gasteiger partial charge in [0.1, 0.15) is 6.54 Å². The molecule has 0 aliphatic rings. The van der Waals surface area contributed by atoms with Gasteiger partial charge in [0.25, 0.3) is 10.0 Å². The molecule has 3 aromatic carbocycles. The Morgan fingerprint density at radius 3 is 2.24 bits per heavy atom. The summed E-state index contributed by atoms with van der Waals surface area (Å²) in [6.07, 6.45) is 0. The first-order chi connectivity index (χ1) is 16.1. The molecule has 0 aliphatic heterocycles. The summed E-state index contributed by atoms with van der Waals surface area (Å²) in [4.78, 5) is 25.0. The molecule has 0 saturated carbocycles. The van der Waals surface area contributed by atoms with Gasteiger partial charge in [-0.05, 0) is 55.5 Å². The second kappa shape index (κ2) is 11.1. The number of hydrogen-bond acceptors (Lipinski definition) is 5. The van der Waals surface area contributed by atoms with E-state index in [1.165, 1.54) is 48.5 Å². The van der Waals surface area contributed by atoms with Crippen LogP contribution in [0.4, 0.5) is 11.4 Å². The fourth-order valence-corrected chi connectivity index (χ4v) is 4.90. The third kappa shape index (κ3) is 6.01. The lowest BCUT2D eigenvalue weighted by Gasteiger charge is -2.24. The summed E-state index contributed by atoms with van der Waals surface area (Å²) in [5, 5.41) is 3.10. The first kappa shape index (κ1) is 25.8. The van der Waals surface area contributed by atoms with E-state index in [4.69, 9.17) is 39.5 Å². The van der Waals surface area contributed by atoms with E-state index in [0.29, 0.717) is 0 Å². The summed E-state index contributed by atoms with van der Waals surface area (Å²) >= 11 is 18.1. The Hall–Kier alpha value is -2.78. The molecule has 0 aromatic heterocycles. The van der Waals surface area contributed by atoms with Crippen LogP contribution in [0, 0.1) is 0 Å². The molecule has 178 valence electrons. The van der Waals surface area contributed by atoms with Crippen molar-refractivity contribution in [1.82, 2.24) is 0 Å². The number of rotatable bonds is 8. The fraction of sp³-hybridized carbons (Fsp3) is 0.130. The molecule has 0 radical (unpaired) electrons. The second-order valence-corrected chi connectivity index (χ2v) is 9.97. The van der Waals surface area contributed by atoms with Crippen LogP contribution in [0.2, 0.25) is 15.1 Å². The maximum atomic E-state index is 13.4. The molecule has 1 amide bonds. The van der Waals surface area contributed by atoms with Crippen LogP contribution in [0.5, 0.6) is 0 Å². The first-order valence-electron chi connectivity index (χ1n) is 9.93. The highest BCUT2D eigenvalue weighted by atomic mass is 35.5. The highest BCUT2D eigenvalue weighted by Crippen LogP contribution is 2.30. The Morgan fingerprint density at radius 1 is 0.912 bits per heavy atom. The van der Waals surface area contributed by atoms with E-state index in [0.717, 1.165) is 4.31 Å². The van der Waals surface area contributed by atoms with Gasteiger partial charge < -0.3 is 10.1 Å². The lowest BCUT2D eigenvalue weighted by molar-refractivity contribution is -0.114. The van der Waals surface area contributed by atoms with Crippen molar-refractivity contribution in [2.24, 2.45) is 0 Å². The Labute approximate surface area is 212 Å². The molecule has 34 heavy (non-hydrogen) atoms. The van der Waals surface area contributed by atoms with Gasteiger partial charge in [-0.2, -0.15) is 0 Å². The summed E-state index contributed by atoms with van der Waals surface area (Å²) in [6.45, 7) is 1.23. The largest absolute Gasteiger partial charge is 0.462 e. The molecule has 3 aromatic rings. The summed E-state index contributed by atoms with van der Waals surface area (Å²) < 4.78 is 32.6. The van der Waals surface area contributed by atoms with Crippen LogP contribution in [0.3, 0.4) is 0 Å². The van der Waals surface area contributed by atoms with Gasteiger partial charge in [0.05, 0.1) is 37.8 Å². The molecule has 7 nitrogen and oxygen atoms in total. The minimum Gasteiger partial charge on any atom is -0.462 e. The number of anilines is 2. The van der Waals surface area contributed by atoms with Crippen LogP contribution < -0.4 is 9.62 Å². The Morgan fingerprint density at radius 2 is 1.59 bits per heavy atom. The van der Waals surface area contributed by atoms with Crippen molar-refractivity contribution in [3.8, 4) is 0 Å². The number of sulfonamides is 1. The van der Waals surface area contributed by atoms with Crippen molar-refractivity contribution in [3.63, 3.8) is 0 Å². The number of carbonyl (C=O) groups is 2. The maximum Gasteiger partial charge on any atom is 0.339 e. The van der Waals surface area contributed by atoms with Crippen molar-refractivity contribution in [2.75, 3.05) is 22.8 Å². The molecule has 0 spiro atoms. The predicted octanol–water partition coefficient (Wildman–Crippen LogP) is 5.66. The maximum absolute atomic E-state index is 13.4. The number of nitrogens with one attached hydrogen (secondary N) is 1. The van der Waals surface area contributed by atoms with Crippen molar-refractivity contribution in [3.05, 3.63) is 87.4 Å². The Balaban J connectivity index is 1.93. The first-order valence-corrected chi connectivity index (χ1v) is 12.5.